The third kappa shape index (κ3) is 5.65. The highest BCUT2D eigenvalue weighted by Gasteiger charge is 2.21. The predicted octanol–water partition coefficient (Wildman–Crippen LogP) is 2.45. The molecule has 3 rings (SSSR count). The second kappa shape index (κ2) is 9.84. The van der Waals surface area contributed by atoms with Gasteiger partial charge in [-0.3, -0.25) is 9.79 Å². The highest BCUT2D eigenvalue weighted by molar-refractivity contribution is 14.0. The molecule has 2 aliphatic heterocycles. The Bertz CT molecular complexity index is 653. The molecule has 1 amide bonds. The van der Waals surface area contributed by atoms with Crippen LogP contribution in [0, 0.1) is 5.92 Å². The first kappa shape index (κ1) is 20.6. The van der Waals surface area contributed by atoms with Crippen molar-refractivity contribution in [2.45, 2.75) is 26.2 Å². The third-order valence-electron chi connectivity index (χ3n) is 4.50. The Labute approximate surface area is 171 Å². The van der Waals surface area contributed by atoms with E-state index in [1.54, 1.807) is 6.92 Å². The van der Waals surface area contributed by atoms with E-state index in [-0.39, 0.29) is 29.9 Å². The molecule has 1 fully saturated rings. The average Bonchev–Trinajstić information content (AvgIpc) is 2.85. The van der Waals surface area contributed by atoms with Crippen LogP contribution >= 0.6 is 24.0 Å². The SMILES string of the molecule is CC(=O)N1CCCC(CN=C(N)Nc2ccc3c(c2)OCCCO3)C1.I. The molecule has 3 N–H and O–H groups in total. The number of nitrogens with one attached hydrogen (secondary N) is 1. The largest absolute Gasteiger partial charge is 0.490 e. The van der Waals surface area contributed by atoms with E-state index in [4.69, 9.17) is 15.2 Å². The number of carbonyl (C=O) groups is 1. The standard InChI is InChI=1S/C18H26N4O3.HI/c1-13(23)22-7-2-4-14(12-22)11-20-18(19)21-15-5-6-16-17(10-15)25-9-3-8-24-16;/h5-6,10,14H,2-4,7-9,11-12H2,1H3,(H3,19,20,21);1H. The van der Waals surface area contributed by atoms with Crippen LogP contribution in [-0.2, 0) is 4.79 Å². The fourth-order valence-corrected chi connectivity index (χ4v) is 3.16. The van der Waals surface area contributed by atoms with Gasteiger partial charge in [-0.05, 0) is 30.9 Å². The van der Waals surface area contributed by atoms with Gasteiger partial charge < -0.3 is 25.4 Å². The fraction of sp³-hybridized carbons (Fsp3) is 0.556. The van der Waals surface area contributed by atoms with Crippen molar-refractivity contribution in [1.82, 2.24) is 4.90 Å². The maximum absolute atomic E-state index is 11.5. The first-order valence-corrected chi connectivity index (χ1v) is 8.84. The van der Waals surface area contributed by atoms with Gasteiger partial charge in [0.05, 0.1) is 13.2 Å². The van der Waals surface area contributed by atoms with Crippen molar-refractivity contribution in [2.75, 3.05) is 38.2 Å². The zero-order chi connectivity index (χ0) is 17.6. The van der Waals surface area contributed by atoms with Gasteiger partial charge in [-0.15, -0.1) is 24.0 Å². The van der Waals surface area contributed by atoms with Crippen LogP contribution in [0.3, 0.4) is 0 Å². The summed E-state index contributed by atoms with van der Waals surface area (Å²) in [6, 6.07) is 5.65. The summed E-state index contributed by atoms with van der Waals surface area (Å²) in [6.45, 7) is 5.16. The van der Waals surface area contributed by atoms with Crippen LogP contribution in [0.15, 0.2) is 23.2 Å². The maximum Gasteiger partial charge on any atom is 0.219 e. The van der Waals surface area contributed by atoms with Crippen LogP contribution in [0.25, 0.3) is 0 Å². The van der Waals surface area contributed by atoms with Gasteiger partial charge in [0.15, 0.2) is 17.5 Å². The Hall–Kier alpha value is -1.71. The van der Waals surface area contributed by atoms with E-state index in [0.717, 1.165) is 49.5 Å². The van der Waals surface area contributed by atoms with E-state index in [0.29, 0.717) is 31.6 Å². The number of carbonyl (C=O) groups excluding carboxylic acids is 1. The molecule has 0 bridgehead atoms. The molecule has 144 valence electrons. The van der Waals surface area contributed by atoms with Crippen LogP contribution in [0.1, 0.15) is 26.2 Å². The van der Waals surface area contributed by atoms with E-state index in [1.165, 1.54) is 0 Å². The van der Waals surface area contributed by atoms with Crippen LogP contribution in [0.4, 0.5) is 5.69 Å². The maximum atomic E-state index is 11.5. The number of nitrogens with zero attached hydrogens (tertiary/aromatic N) is 2. The zero-order valence-electron chi connectivity index (χ0n) is 15.1. The van der Waals surface area contributed by atoms with Crippen molar-refractivity contribution >= 4 is 41.5 Å². The van der Waals surface area contributed by atoms with Gasteiger partial charge in [0.1, 0.15) is 0 Å². The molecule has 8 heteroatoms. The number of fused-ring (bicyclic) bond motifs is 1. The van der Waals surface area contributed by atoms with E-state index < -0.39 is 0 Å². The van der Waals surface area contributed by atoms with Gasteiger partial charge in [-0.1, -0.05) is 0 Å². The van der Waals surface area contributed by atoms with Crippen molar-refractivity contribution in [2.24, 2.45) is 16.6 Å². The molecule has 1 aromatic rings. The molecule has 2 heterocycles. The number of hydrogen-bond acceptors (Lipinski definition) is 4. The molecule has 7 nitrogen and oxygen atoms in total. The Kier molecular flexibility index (Phi) is 7.80. The number of likely N-dealkylation sites (tertiary alicyclic amines) is 1. The number of rotatable bonds is 3. The van der Waals surface area contributed by atoms with Crippen molar-refractivity contribution < 1.29 is 14.3 Å². The minimum absolute atomic E-state index is 0. The number of benzene rings is 1. The molecule has 1 saturated heterocycles. The molecule has 2 aliphatic rings. The predicted molar refractivity (Wildman–Crippen MR) is 113 cm³/mol. The van der Waals surface area contributed by atoms with E-state index in [1.807, 2.05) is 23.1 Å². The summed E-state index contributed by atoms with van der Waals surface area (Å²) in [5.74, 6) is 2.34. The molecule has 1 aromatic carbocycles. The molecule has 0 saturated carbocycles. The number of amides is 1. The van der Waals surface area contributed by atoms with Gasteiger partial charge >= 0.3 is 0 Å². The summed E-state index contributed by atoms with van der Waals surface area (Å²) in [5, 5.41) is 3.10. The molecule has 1 unspecified atom stereocenters. The number of anilines is 1. The van der Waals surface area contributed by atoms with Crippen molar-refractivity contribution in [3.8, 4) is 11.5 Å². The number of guanidine groups is 1. The molecular formula is C18H27IN4O3. The minimum Gasteiger partial charge on any atom is -0.490 e. The lowest BCUT2D eigenvalue weighted by Gasteiger charge is -2.31. The summed E-state index contributed by atoms with van der Waals surface area (Å²) in [6.07, 6.45) is 2.97. The van der Waals surface area contributed by atoms with Crippen molar-refractivity contribution in [1.29, 1.82) is 0 Å². The second-order valence-corrected chi connectivity index (χ2v) is 6.54. The zero-order valence-corrected chi connectivity index (χ0v) is 17.4. The number of aliphatic imine (C=N–C) groups is 1. The van der Waals surface area contributed by atoms with Crippen LogP contribution in [0.2, 0.25) is 0 Å². The smallest absolute Gasteiger partial charge is 0.219 e. The van der Waals surface area contributed by atoms with Gasteiger partial charge in [-0.2, -0.15) is 0 Å². The molecule has 1 atom stereocenters. The molecule has 0 aliphatic carbocycles. The highest BCUT2D eigenvalue weighted by Crippen LogP contribution is 2.32. The molecule has 0 spiro atoms. The fourth-order valence-electron chi connectivity index (χ4n) is 3.16. The summed E-state index contributed by atoms with van der Waals surface area (Å²) in [7, 11) is 0. The minimum atomic E-state index is 0. The Morgan fingerprint density at radius 2 is 2.08 bits per heavy atom. The Morgan fingerprint density at radius 1 is 1.31 bits per heavy atom. The lowest BCUT2D eigenvalue weighted by molar-refractivity contribution is -0.130. The first-order valence-electron chi connectivity index (χ1n) is 8.84. The summed E-state index contributed by atoms with van der Waals surface area (Å²) in [5.41, 5.74) is 6.83. The van der Waals surface area contributed by atoms with Crippen LogP contribution in [-0.4, -0.2) is 49.6 Å². The normalized spacial score (nSPS) is 20.0. The highest BCUT2D eigenvalue weighted by atomic mass is 127. The monoisotopic (exact) mass is 474 g/mol. The molecule has 0 radical (unpaired) electrons. The topological polar surface area (TPSA) is 89.2 Å². The summed E-state index contributed by atoms with van der Waals surface area (Å²) >= 11 is 0. The molecule has 26 heavy (non-hydrogen) atoms. The van der Waals surface area contributed by atoms with Crippen LogP contribution < -0.4 is 20.5 Å². The van der Waals surface area contributed by atoms with Gasteiger partial charge in [0.2, 0.25) is 5.91 Å². The van der Waals surface area contributed by atoms with E-state index in [9.17, 15) is 4.79 Å². The second-order valence-electron chi connectivity index (χ2n) is 6.54. The third-order valence-corrected chi connectivity index (χ3v) is 4.50. The number of ether oxygens (including phenoxy) is 2. The first-order chi connectivity index (χ1) is 12.1. The lowest BCUT2D eigenvalue weighted by Crippen LogP contribution is -2.39. The van der Waals surface area contributed by atoms with Gasteiger partial charge in [0, 0.05) is 44.7 Å². The van der Waals surface area contributed by atoms with Crippen LogP contribution in [0.5, 0.6) is 11.5 Å². The quantitative estimate of drug-likeness (QED) is 0.399. The van der Waals surface area contributed by atoms with E-state index in [2.05, 4.69) is 10.3 Å². The van der Waals surface area contributed by atoms with Crippen molar-refractivity contribution in [3.05, 3.63) is 18.2 Å². The van der Waals surface area contributed by atoms with Gasteiger partial charge in [-0.25, -0.2) is 0 Å². The Balaban J connectivity index is 0.00000243. The van der Waals surface area contributed by atoms with Gasteiger partial charge in [0.25, 0.3) is 0 Å². The number of nitrogens with two attached hydrogens (primary N) is 1. The number of piperidine rings is 1. The average molecular weight is 474 g/mol. The summed E-state index contributed by atoms with van der Waals surface area (Å²) in [4.78, 5) is 17.8. The molecule has 0 aromatic heterocycles. The van der Waals surface area contributed by atoms with Crippen molar-refractivity contribution in [3.63, 3.8) is 0 Å². The van der Waals surface area contributed by atoms with E-state index >= 15 is 0 Å². The molecular weight excluding hydrogens is 447 g/mol. The number of halogens is 1. The lowest BCUT2D eigenvalue weighted by atomic mass is 9.98. The number of hydrogen-bond donors (Lipinski definition) is 2. The Morgan fingerprint density at radius 3 is 2.85 bits per heavy atom. The summed E-state index contributed by atoms with van der Waals surface area (Å²) < 4.78 is 11.3.